The van der Waals surface area contributed by atoms with Crippen molar-refractivity contribution >= 4 is 22.5 Å². The first-order chi connectivity index (χ1) is 7.63. The average molecular weight is 231 g/mol. The summed E-state index contributed by atoms with van der Waals surface area (Å²) in [6.45, 7) is 4.08. The van der Waals surface area contributed by atoms with E-state index in [2.05, 4.69) is 17.1 Å². The largest absolute Gasteiger partial charge is 0.235 e. The lowest BCUT2D eigenvalue weighted by Crippen LogP contribution is -1.92. The third-order valence-electron chi connectivity index (χ3n) is 2.81. The Hall–Kier alpha value is -1.59. The number of hydrogen-bond acceptors (Lipinski definition) is 2. The van der Waals surface area contributed by atoms with Gasteiger partial charge in [0.1, 0.15) is 5.15 Å². The fourth-order valence-electron chi connectivity index (χ4n) is 1.71. The fourth-order valence-corrected chi connectivity index (χ4v) is 1.92. The van der Waals surface area contributed by atoms with Gasteiger partial charge in [0.25, 0.3) is 0 Å². The molecule has 1 heterocycles. The third kappa shape index (κ3) is 1.75. The second-order valence-electron chi connectivity index (χ2n) is 3.85. The van der Waals surface area contributed by atoms with Crippen LogP contribution in [0.2, 0.25) is 5.15 Å². The van der Waals surface area contributed by atoms with Gasteiger partial charge < -0.3 is 0 Å². The SMILES string of the molecule is Cc1ccc2cc(CC#N)c(Cl)nc2c1C. The summed E-state index contributed by atoms with van der Waals surface area (Å²) in [5, 5.41) is 10.2. The van der Waals surface area contributed by atoms with Crippen molar-refractivity contribution in [2.45, 2.75) is 20.3 Å². The highest BCUT2D eigenvalue weighted by Gasteiger charge is 2.07. The molecule has 0 atom stereocenters. The Balaban J connectivity index is 2.74. The Morgan fingerprint density at radius 1 is 1.38 bits per heavy atom. The molecular weight excluding hydrogens is 220 g/mol. The summed E-state index contributed by atoms with van der Waals surface area (Å²) in [4.78, 5) is 4.37. The number of halogens is 1. The van der Waals surface area contributed by atoms with Crippen molar-refractivity contribution in [1.29, 1.82) is 5.26 Å². The summed E-state index contributed by atoms with van der Waals surface area (Å²) in [6, 6.07) is 8.11. The van der Waals surface area contributed by atoms with Crippen molar-refractivity contribution in [3.05, 3.63) is 40.0 Å². The second kappa shape index (κ2) is 4.11. The first-order valence-corrected chi connectivity index (χ1v) is 5.43. The van der Waals surface area contributed by atoms with E-state index in [-0.39, 0.29) is 0 Å². The zero-order chi connectivity index (χ0) is 11.7. The molecule has 0 aliphatic carbocycles. The van der Waals surface area contributed by atoms with Gasteiger partial charge in [-0.1, -0.05) is 23.7 Å². The van der Waals surface area contributed by atoms with Crippen molar-refractivity contribution in [2.24, 2.45) is 0 Å². The van der Waals surface area contributed by atoms with E-state index >= 15 is 0 Å². The van der Waals surface area contributed by atoms with Crippen LogP contribution >= 0.6 is 11.6 Å². The molecule has 16 heavy (non-hydrogen) atoms. The molecule has 0 bridgehead atoms. The van der Waals surface area contributed by atoms with Crippen molar-refractivity contribution in [3.63, 3.8) is 0 Å². The first-order valence-electron chi connectivity index (χ1n) is 5.05. The van der Waals surface area contributed by atoms with Crippen molar-refractivity contribution in [1.82, 2.24) is 4.98 Å². The molecular formula is C13H11ClN2. The van der Waals surface area contributed by atoms with Gasteiger partial charge in [-0.15, -0.1) is 0 Å². The molecule has 0 saturated carbocycles. The van der Waals surface area contributed by atoms with E-state index in [0.717, 1.165) is 22.0 Å². The van der Waals surface area contributed by atoms with Crippen LogP contribution in [0.3, 0.4) is 0 Å². The van der Waals surface area contributed by atoms with E-state index in [4.69, 9.17) is 16.9 Å². The third-order valence-corrected chi connectivity index (χ3v) is 3.13. The van der Waals surface area contributed by atoms with Crippen LogP contribution in [0, 0.1) is 25.2 Å². The number of aromatic nitrogens is 1. The maximum absolute atomic E-state index is 8.68. The summed E-state index contributed by atoms with van der Waals surface area (Å²) >= 11 is 6.04. The molecule has 0 saturated heterocycles. The molecule has 2 rings (SSSR count). The molecule has 1 aromatic carbocycles. The standard InChI is InChI=1S/C13H11ClN2/c1-8-3-4-10-7-11(5-6-15)13(14)16-12(10)9(8)2/h3-4,7H,5H2,1-2H3. The Labute approximate surface area is 99.5 Å². The molecule has 0 radical (unpaired) electrons. The van der Waals surface area contributed by atoms with Gasteiger partial charge in [0.15, 0.2) is 0 Å². The smallest absolute Gasteiger partial charge is 0.134 e. The van der Waals surface area contributed by atoms with E-state index < -0.39 is 0 Å². The second-order valence-corrected chi connectivity index (χ2v) is 4.21. The molecule has 0 fully saturated rings. The predicted molar refractivity (Wildman–Crippen MR) is 65.5 cm³/mol. The summed E-state index contributed by atoms with van der Waals surface area (Å²) in [6.07, 6.45) is 0.300. The molecule has 0 aliphatic heterocycles. The lowest BCUT2D eigenvalue weighted by atomic mass is 10.0. The van der Waals surface area contributed by atoms with E-state index in [1.54, 1.807) is 0 Å². The molecule has 2 nitrogen and oxygen atoms in total. The number of nitriles is 1. The minimum Gasteiger partial charge on any atom is -0.235 e. The Morgan fingerprint density at radius 2 is 2.12 bits per heavy atom. The number of aryl methyl sites for hydroxylation is 2. The molecule has 0 unspecified atom stereocenters. The van der Waals surface area contributed by atoms with Gasteiger partial charge in [0, 0.05) is 10.9 Å². The monoisotopic (exact) mass is 230 g/mol. The summed E-state index contributed by atoms with van der Waals surface area (Å²) in [7, 11) is 0. The number of hydrogen-bond donors (Lipinski definition) is 0. The summed E-state index contributed by atoms with van der Waals surface area (Å²) in [5.74, 6) is 0. The Bertz CT molecular complexity index is 597. The lowest BCUT2D eigenvalue weighted by Gasteiger charge is -2.07. The van der Waals surface area contributed by atoms with Crippen molar-refractivity contribution in [3.8, 4) is 6.07 Å². The number of rotatable bonds is 1. The highest BCUT2D eigenvalue weighted by atomic mass is 35.5. The van der Waals surface area contributed by atoms with E-state index in [1.165, 1.54) is 5.56 Å². The molecule has 1 aromatic heterocycles. The topological polar surface area (TPSA) is 36.7 Å². The molecule has 80 valence electrons. The number of nitrogens with zero attached hydrogens (tertiary/aromatic N) is 2. The lowest BCUT2D eigenvalue weighted by molar-refractivity contribution is 1.21. The average Bonchev–Trinajstić information content (AvgIpc) is 2.26. The van der Waals surface area contributed by atoms with Gasteiger partial charge in [-0.2, -0.15) is 5.26 Å². The maximum atomic E-state index is 8.68. The van der Waals surface area contributed by atoms with E-state index in [9.17, 15) is 0 Å². The van der Waals surface area contributed by atoms with Crippen molar-refractivity contribution < 1.29 is 0 Å². The van der Waals surface area contributed by atoms with Crippen LogP contribution in [0.5, 0.6) is 0 Å². The minimum atomic E-state index is 0.300. The van der Waals surface area contributed by atoms with Gasteiger partial charge in [0.05, 0.1) is 18.0 Å². The van der Waals surface area contributed by atoms with Gasteiger partial charge in [0.2, 0.25) is 0 Å². The van der Waals surface area contributed by atoms with E-state index in [1.807, 2.05) is 26.0 Å². The number of benzene rings is 1. The minimum absolute atomic E-state index is 0.300. The quantitative estimate of drug-likeness (QED) is 0.703. The zero-order valence-electron chi connectivity index (χ0n) is 9.21. The highest BCUT2D eigenvalue weighted by molar-refractivity contribution is 6.30. The van der Waals surface area contributed by atoms with Crippen LogP contribution in [-0.4, -0.2) is 4.98 Å². The van der Waals surface area contributed by atoms with Crippen LogP contribution in [0.4, 0.5) is 0 Å². The summed E-state index contributed by atoms with van der Waals surface area (Å²) in [5.41, 5.74) is 4.05. The number of pyridine rings is 1. The Kier molecular flexibility index (Phi) is 2.80. The molecule has 0 aliphatic rings. The van der Waals surface area contributed by atoms with Crippen molar-refractivity contribution in [2.75, 3.05) is 0 Å². The fraction of sp³-hybridized carbons (Fsp3) is 0.231. The van der Waals surface area contributed by atoms with Crippen LogP contribution in [-0.2, 0) is 6.42 Å². The zero-order valence-corrected chi connectivity index (χ0v) is 9.97. The summed E-state index contributed by atoms with van der Waals surface area (Å²) < 4.78 is 0. The van der Waals surface area contributed by atoms with Gasteiger partial charge in [-0.25, -0.2) is 4.98 Å². The Morgan fingerprint density at radius 3 is 2.81 bits per heavy atom. The molecule has 0 amide bonds. The molecule has 2 aromatic rings. The normalized spacial score (nSPS) is 10.4. The van der Waals surface area contributed by atoms with Gasteiger partial charge in [-0.3, -0.25) is 0 Å². The van der Waals surface area contributed by atoms with E-state index in [0.29, 0.717) is 11.6 Å². The van der Waals surface area contributed by atoms with Crippen LogP contribution < -0.4 is 0 Å². The van der Waals surface area contributed by atoms with Crippen LogP contribution in [0.15, 0.2) is 18.2 Å². The first kappa shape index (κ1) is 10.9. The highest BCUT2D eigenvalue weighted by Crippen LogP contribution is 2.24. The molecule has 0 spiro atoms. The van der Waals surface area contributed by atoms with Crippen LogP contribution in [0.1, 0.15) is 16.7 Å². The maximum Gasteiger partial charge on any atom is 0.134 e. The molecule has 3 heteroatoms. The van der Waals surface area contributed by atoms with Gasteiger partial charge in [-0.05, 0) is 31.0 Å². The van der Waals surface area contributed by atoms with Gasteiger partial charge >= 0.3 is 0 Å². The van der Waals surface area contributed by atoms with Crippen LogP contribution in [0.25, 0.3) is 10.9 Å². The molecule has 0 N–H and O–H groups in total. The predicted octanol–water partition coefficient (Wildman–Crippen LogP) is 3.57. The number of fused-ring (bicyclic) bond motifs is 1.